The number of aryl methyl sites for hydroxylation is 2. The van der Waals surface area contributed by atoms with Crippen molar-refractivity contribution >= 4 is 5.69 Å². The highest BCUT2D eigenvalue weighted by Gasteiger charge is 2.06. The Kier molecular flexibility index (Phi) is 3.70. The molecule has 0 aliphatic heterocycles. The van der Waals surface area contributed by atoms with Crippen molar-refractivity contribution in [2.45, 2.75) is 20.5 Å². The van der Waals surface area contributed by atoms with Gasteiger partial charge in [0.05, 0.1) is 10.6 Å². The van der Waals surface area contributed by atoms with Gasteiger partial charge in [0.2, 0.25) is 5.88 Å². The van der Waals surface area contributed by atoms with Gasteiger partial charge in [-0.05, 0) is 25.0 Å². The summed E-state index contributed by atoms with van der Waals surface area (Å²) in [6.45, 7) is 4.01. The quantitative estimate of drug-likeness (QED) is 0.622. The number of benzene rings is 1. The second-order valence-corrected chi connectivity index (χ2v) is 4.17. The van der Waals surface area contributed by atoms with Gasteiger partial charge in [-0.3, -0.25) is 10.1 Å². The Bertz CT molecular complexity index is 614. The topological polar surface area (TPSA) is 78.2 Å². The van der Waals surface area contributed by atoms with Gasteiger partial charge in [0.15, 0.2) is 0 Å². The fourth-order valence-electron chi connectivity index (χ4n) is 1.51. The first-order valence-electron chi connectivity index (χ1n) is 5.73. The van der Waals surface area contributed by atoms with Gasteiger partial charge in [0.25, 0.3) is 5.69 Å². The van der Waals surface area contributed by atoms with Crippen LogP contribution in [-0.4, -0.2) is 15.1 Å². The molecule has 0 aliphatic rings. The Morgan fingerprint density at radius 1 is 1.26 bits per heavy atom. The normalized spacial score (nSPS) is 10.2. The van der Waals surface area contributed by atoms with Crippen LogP contribution in [0.1, 0.15) is 16.8 Å². The lowest BCUT2D eigenvalue weighted by Crippen LogP contribution is -2.01. The third kappa shape index (κ3) is 3.25. The lowest BCUT2D eigenvalue weighted by atomic mass is 10.2. The molecule has 6 nitrogen and oxygen atoms in total. The standard InChI is InChI=1S/C13H13N3O3/c1-9-6-13(15-14-10(9)2)19-8-11-4-3-5-12(7-11)16(17)18/h3-7H,8H2,1-2H3. The summed E-state index contributed by atoms with van der Waals surface area (Å²) in [5.74, 6) is 0.412. The van der Waals surface area contributed by atoms with E-state index in [9.17, 15) is 10.1 Å². The van der Waals surface area contributed by atoms with E-state index in [0.717, 1.165) is 11.3 Å². The highest BCUT2D eigenvalue weighted by molar-refractivity contribution is 5.34. The molecule has 0 bridgehead atoms. The summed E-state index contributed by atoms with van der Waals surface area (Å²) in [6.07, 6.45) is 0. The maximum absolute atomic E-state index is 10.7. The summed E-state index contributed by atoms with van der Waals surface area (Å²) in [4.78, 5) is 10.2. The summed E-state index contributed by atoms with van der Waals surface area (Å²) in [7, 11) is 0. The molecule has 1 aromatic heterocycles. The van der Waals surface area contributed by atoms with Crippen molar-refractivity contribution in [1.29, 1.82) is 0 Å². The number of nitro benzene ring substituents is 1. The van der Waals surface area contributed by atoms with Crippen molar-refractivity contribution in [2.24, 2.45) is 0 Å². The summed E-state index contributed by atoms with van der Waals surface area (Å²) >= 11 is 0. The number of nitrogens with zero attached hydrogens (tertiary/aromatic N) is 3. The van der Waals surface area contributed by atoms with Gasteiger partial charge in [-0.25, -0.2) is 0 Å². The number of rotatable bonds is 4. The maximum Gasteiger partial charge on any atom is 0.269 e. The van der Waals surface area contributed by atoms with E-state index in [2.05, 4.69) is 10.2 Å². The maximum atomic E-state index is 10.7. The van der Waals surface area contributed by atoms with Crippen LogP contribution >= 0.6 is 0 Å². The molecule has 19 heavy (non-hydrogen) atoms. The molecular formula is C13H13N3O3. The highest BCUT2D eigenvalue weighted by Crippen LogP contribution is 2.16. The third-order valence-electron chi connectivity index (χ3n) is 2.72. The molecule has 0 saturated heterocycles. The second kappa shape index (κ2) is 5.43. The average molecular weight is 259 g/mol. The van der Waals surface area contributed by atoms with Gasteiger partial charge >= 0.3 is 0 Å². The van der Waals surface area contributed by atoms with Gasteiger partial charge in [0, 0.05) is 18.2 Å². The molecular weight excluding hydrogens is 246 g/mol. The number of aromatic nitrogens is 2. The zero-order chi connectivity index (χ0) is 13.8. The van der Waals surface area contributed by atoms with E-state index >= 15 is 0 Å². The molecule has 1 aromatic carbocycles. The first-order chi connectivity index (χ1) is 9.06. The molecule has 0 unspecified atom stereocenters. The van der Waals surface area contributed by atoms with Crippen molar-refractivity contribution in [3.63, 3.8) is 0 Å². The Labute approximate surface area is 110 Å². The lowest BCUT2D eigenvalue weighted by molar-refractivity contribution is -0.384. The Morgan fingerprint density at radius 3 is 2.74 bits per heavy atom. The zero-order valence-electron chi connectivity index (χ0n) is 10.7. The number of nitro groups is 1. The Morgan fingerprint density at radius 2 is 2.05 bits per heavy atom. The summed E-state index contributed by atoms with van der Waals surface area (Å²) in [5.41, 5.74) is 2.60. The van der Waals surface area contributed by atoms with Gasteiger partial charge in [-0.2, -0.15) is 5.10 Å². The van der Waals surface area contributed by atoms with E-state index < -0.39 is 4.92 Å². The average Bonchev–Trinajstić information content (AvgIpc) is 2.40. The van der Waals surface area contributed by atoms with E-state index in [4.69, 9.17) is 4.74 Å². The number of hydrogen-bond acceptors (Lipinski definition) is 5. The van der Waals surface area contributed by atoms with Gasteiger partial charge in [0.1, 0.15) is 6.61 Å². The van der Waals surface area contributed by atoms with Crippen LogP contribution in [0.15, 0.2) is 30.3 Å². The molecule has 2 aromatic rings. The van der Waals surface area contributed by atoms with Gasteiger partial charge < -0.3 is 4.74 Å². The molecule has 0 spiro atoms. The molecule has 1 heterocycles. The van der Waals surface area contributed by atoms with E-state index in [0.29, 0.717) is 11.4 Å². The first kappa shape index (κ1) is 12.9. The fraction of sp³-hybridized carbons (Fsp3) is 0.231. The van der Waals surface area contributed by atoms with Crippen molar-refractivity contribution in [3.05, 3.63) is 57.3 Å². The number of hydrogen-bond donors (Lipinski definition) is 0. The first-order valence-corrected chi connectivity index (χ1v) is 5.73. The van der Waals surface area contributed by atoms with Crippen LogP contribution in [0.2, 0.25) is 0 Å². The summed E-state index contributed by atoms with van der Waals surface area (Å²) in [5, 5.41) is 18.5. The monoisotopic (exact) mass is 259 g/mol. The van der Waals surface area contributed by atoms with E-state index in [-0.39, 0.29) is 12.3 Å². The zero-order valence-corrected chi connectivity index (χ0v) is 10.7. The van der Waals surface area contributed by atoms with Crippen molar-refractivity contribution in [3.8, 4) is 5.88 Å². The molecule has 98 valence electrons. The molecule has 0 radical (unpaired) electrons. The second-order valence-electron chi connectivity index (χ2n) is 4.17. The van der Waals surface area contributed by atoms with Crippen molar-refractivity contribution in [2.75, 3.05) is 0 Å². The number of non-ortho nitro benzene ring substituents is 1. The van der Waals surface area contributed by atoms with Crippen molar-refractivity contribution < 1.29 is 9.66 Å². The lowest BCUT2D eigenvalue weighted by Gasteiger charge is -2.06. The summed E-state index contributed by atoms with van der Waals surface area (Å²) in [6, 6.07) is 8.11. The van der Waals surface area contributed by atoms with E-state index in [1.807, 2.05) is 13.8 Å². The molecule has 2 rings (SSSR count). The van der Waals surface area contributed by atoms with Crippen LogP contribution in [0.25, 0.3) is 0 Å². The molecule has 0 aliphatic carbocycles. The smallest absolute Gasteiger partial charge is 0.269 e. The van der Waals surface area contributed by atoms with Crippen LogP contribution in [-0.2, 0) is 6.61 Å². The third-order valence-corrected chi connectivity index (χ3v) is 2.72. The van der Waals surface area contributed by atoms with Crippen LogP contribution in [0.5, 0.6) is 5.88 Å². The SMILES string of the molecule is Cc1cc(OCc2cccc([N+](=O)[O-])c2)nnc1C. The minimum atomic E-state index is -0.431. The summed E-state index contributed by atoms with van der Waals surface area (Å²) < 4.78 is 5.47. The predicted octanol–water partition coefficient (Wildman–Crippen LogP) is 2.58. The van der Waals surface area contributed by atoms with Gasteiger partial charge in [-0.1, -0.05) is 12.1 Å². The highest BCUT2D eigenvalue weighted by atomic mass is 16.6. The minimum Gasteiger partial charge on any atom is -0.472 e. The predicted molar refractivity (Wildman–Crippen MR) is 68.9 cm³/mol. The molecule has 0 N–H and O–H groups in total. The Balaban J connectivity index is 2.07. The van der Waals surface area contributed by atoms with E-state index in [1.165, 1.54) is 12.1 Å². The van der Waals surface area contributed by atoms with Crippen molar-refractivity contribution in [1.82, 2.24) is 10.2 Å². The molecule has 0 amide bonds. The van der Waals surface area contributed by atoms with Crippen LogP contribution in [0.4, 0.5) is 5.69 Å². The van der Waals surface area contributed by atoms with E-state index in [1.54, 1.807) is 18.2 Å². The largest absolute Gasteiger partial charge is 0.472 e. The fourth-order valence-corrected chi connectivity index (χ4v) is 1.51. The molecule has 6 heteroatoms. The molecule has 0 atom stereocenters. The van der Waals surface area contributed by atoms with Crippen LogP contribution in [0, 0.1) is 24.0 Å². The van der Waals surface area contributed by atoms with Crippen LogP contribution < -0.4 is 4.74 Å². The molecule has 0 fully saturated rings. The number of ether oxygens (including phenoxy) is 1. The van der Waals surface area contributed by atoms with Gasteiger partial charge in [-0.15, -0.1) is 5.10 Å². The Hall–Kier alpha value is -2.50. The van der Waals surface area contributed by atoms with Crippen LogP contribution in [0.3, 0.4) is 0 Å². The molecule has 0 saturated carbocycles. The minimum absolute atomic E-state index is 0.0484.